The lowest BCUT2D eigenvalue weighted by atomic mass is 9.47. The highest BCUT2D eigenvalue weighted by molar-refractivity contribution is 5.32. The van der Waals surface area contributed by atoms with Gasteiger partial charge in [0.2, 0.25) is 0 Å². The molecule has 0 aromatic carbocycles. The summed E-state index contributed by atoms with van der Waals surface area (Å²) in [5.74, 6) is 2.83. The van der Waals surface area contributed by atoms with Crippen LogP contribution in [0, 0.1) is 40.9 Å². The molecule has 3 saturated carbocycles. The SMILES string of the molecule is C#C[C@]1(O)[C@@H](O)[C@H](O)C2C3CC=C4C[C@@H](O)CC[C@]4(C)C3CC[C@@]21C. The number of terminal acetylenes is 1. The van der Waals surface area contributed by atoms with Crippen LogP contribution in [0.15, 0.2) is 11.6 Å². The van der Waals surface area contributed by atoms with Gasteiger partial charge in [0.15, 0.2) is 5.60 Å². The summed E-state index contributed by atoms with van der Waals surface area (Å²) in [5.41, 5.74) is -0.936. The lowest BCUT2D eigenvalue weighted by Crippen LogP contribution is -2.56. The highest BCUT2D eigenvalue weighted by atomic mass is 16.4. The molecule has 0 aromatic heterocycles. The monoisotopic (exact) mass is 346 g/mol. The van der Waals surface area contributed by atoms with Crippen LogP contribution in [0.25, 0.3) is 0 Å². The van der Waals surface area contributed by atoms with E-state index in [0.29, 0.717) is 12.3 Å². The summed E-state index contributed by atoms with van der Waals surface area (Å²) in [6.45, 7) is 4.24. The molecule has 4 N–H and O–H groups in total. The predicted molar refractivity (Wildman–Crippen MR) is 94.3 cm³/mol. The summed E-state index contributed by atoms with van der Waals surface area (Å²) in [6.07, 6.45) is 10.3. The average molecular weight is 346 g/mol. The van der Waals surface area contributed by atoms with E-state index >= 15 is 0 Å². The molecule has 0 saturated heterocycles. The van der Waals surface area contributed by atoms with Crippen molar-refractivity contribution >= 4 is 0 Å². The maximum atomic E-state index is 11.0. The van der Waals surface area contributed by atoms with E-state index in [1.165, 1.54) is 5.57 Å². The van der Waals surface area contributed by atoms with Gasteiger partial charge in [0, 0.05) is 11.3 Å². The Labute approximate surface area is 150 Å². The van der Waals surface area contributed by atoms with Crippen LogP contribution < -0.4 is 0 Å². The van der Waals surface area contributed by atoms with Gasteiger partial charge in [-0.05, 0) is 55.8 Å². The molecule has 0 bridgehead atoms. The first-order valence-corrected chi connectivity index (χ1v) is 9.63. The first-order chi connectivity index (χ1) is 11.7. The minimum atomic E-state index is -1.67. The van der Waals surface area contributed by atoms with Crippen molar-refractivity contribution in [3.63, 3.8) is 0 Å². The van der Waals surface area contributed by atoms with Gasteiger partial charge >= 0.3 is 0 Å². The molecule has 4 heteroatoms. The molecular weight excluding hydrogens is 316 g/mol. The van der Waals surface area contributed by atoms with Crippen molar-refractivity contribution in [2.24, 2.45) is 28.6 Å². The van der Waals surface area contributed by atoms with Crippen molar-refractivity contribution in [3.8, 4) is 12.3 Å². The smallest absolute Gasteiger partial charge is 0.159 e. The fourth-order valence-corrected chi connectivity index (χ4v) is 7.00. The van der Waals surface area contributed by atoms with Gasteiger partial charge in [-0.1, -0.05) is 31.4 Å². The molecule has 4 nitrogen and oxygen atoms in total. The molecule has 0 aromatic rings. The number of allylic oxidation sites excluding steroid dienone is 1. The second-order valence-electron chi connectivity index (χ2n) is 9.38. The van der Waals surface area contributed by atoms with E-state index in [-0.39, 0.29) is 23.4 Å². The summed E-state index contributed by atoms with van der Waals surface area (Å²) in [5, 5.41) is 42.4. The second-order valence-corrected chi connectivity index (χ2v) is 9.38. The largest absolute Gasteiger partial charge is 0.393 e. The van der Waals surface area contributed by atoms with E-state index in [2.05, 4.69) is 18.9 Å². The minimum Gasteiger partial charge on any atom is -0.393 e. The van der Waals surface area contributed by atoms with Gasteiger partial charge in [0.25, 0.3) is 0 Å². The van der Waals surface area contributed by atoms with Crippen LogP contribution in [0.1, 0.15) is 52.4 Å². The van der Waals surface area contributed by atoms with Gasteiger partial charge in [-0.3, -0.25) is 0 Å². The number of hydrogen-bond acceptors (Lipinski definition) is 4. The van der Waals surface area contributed by atoms with Crippen LogP contribution >= 0.6 is 0 Å². The van der Waals surface area contributed by atoms with Gasteiger partial charge in [-0.2, -0.15) is 0 Å². The van der Waals surface area contributed by atoms with Gasteiger partial charge in [0.1, 0.15) is 6.10 Å². The van der Waals surface area contributed by atoms with E-state index in [4.69, 9.17) is 6.42 Å². The maximum absolute atomic E-state index is 11.0. The molecule has 3 fully saturated rings. The summed E-state index contributed by atoms with van der Waals surface area (Å²) >= 11 is 0. The molecule has 4 aliphatic carbocycles. The van der Waals surface area contributed by atoms with Crippen LogP contribution in [-0.4, -0.2) is 44.3 Å². The zero-order valence-corrected chi connectivity index (χ0v) is 15.2. The average Bonchev–Trinajstić information content (AvgIpc) is 2.74. The molecule has 3 unspecified atom stereocenters. The number of aliphatic hydroxyl groups is 4. The first-order valence-electron chi connectivity index (χ1n) is 9.63. The summed E-state index contributed by atoms with van der Waals surface area (Å²) in [6, 6.07) is 0. The Morgan fingerprint density at radius 3 is 2.56 bits per heavy atom. The molecule has 9 atom stereocenters. The third-order valence-electron chi connectivity index (χ3n) is 8.54. The number of hydrogen-bond donors (Lipinski definition) is 4. The topological polar surface area (TPSA) is 80.9 Å². The molecular formula is C21H30O4. The van der Waals surface area contributed by atoms with E-state index in [1.807, 2.05) is 6.92 Å². The molecule has 4 aliphatic rings. The predicted octanol–water partition coefficient (Wildman–Crippen LogP) is 1.62. The van der Waals surface area contributed by atoms with Crippen LogP contribution in [0.2, 0.25) is 0 Å². The fraction of sp³-hybridized carbons (Fsp3) is 0.810. The molecule has 0 radical (unpaired) electrons. The molecule has 138 valence electrons. The zero-order chi connectivity index (χ0) is 18.2. The molecule has 0 spiro atoms. The van der Waals surface area contributed by atoms with Crippen LogP contribution in [-0.2, 0) is 0 Å². The molecule has 25 heavy (non-hydrogen) atoms. The highest BCUT2D eigenvalue weighted by Gasteiger charge is 2.70. The van der Waals surface area contributed by atoms with Gasteiger partial charge < -0.3 is 20.4 Å². The van der Waals surface area contributed by atoms with Gasteiger partial charge in [0.05, 0.1) is 12.2 Å². The van der Waals surface area contributed by atoms with Crippen molar-refractivity contribution in [1.82, 2.24) is 0 Å². The second kappa shape index (κ2) is 5.33. The van der Waals surface area contributed by atoms with Crippen molar-refractivity contribution in [1.29, 1.82) is 0 Å². The van der Waals surface area contributed by atoms with Gasteiger partial charge in [-0.25, -0.2) is 0 Å². The van der Waals surface area contributed by atoms with E-state index in [0.717, 1.165) is 32.1 Å². The highest BCUT2D eigenvalue weighted by Crippen LogP contribution is 2.66. The van der Waals surface area contributed by atoms with Crippen molar-refractivity contribution in [2.45, 2.75) is 76.3 Å². The Balaban J connectivity index is 1.76. The minimum absolute atomic E-state index is 0.0466. The van der Waals surface area contributed by atoms with Crippen LogP contribution in [0.3, 0.4) is 0 Å². The van der Waals surface area contributed by atoms with E-state index < -0.39 is 23.2 Å². The number of aliphatic hydroxyl groups excluding tert-OH is 3. The normalized spacial score (nSPS) is 57.7. The molecule has 0 aliphatic heterocycles. The fourth-order valence-electron chi connectivity index (χ4n) is 7.00. The Morgan fingerprint density at radius 1 is 1.16 bits per heavy atom. The number of fused-ring (bicyclic) bond motifs is 5. The summed E-state index contributed by atoms with van der Waals surface area (Å²) in [7, 11) is 0. The van der Waals surface area contributed by atoms with Crippen molar-refractivity contribution < 1.29 is 20.4 Å². The first kappa shape index (κ1) is 17.5. The quantitative estimate of drug-likeness (QED) is 0.397. The Morgan fingerprint density at radius 2 is 1.88 bits per heavy atom. The molecule has 4 rings (SSSR count). The summed E-state index contributed by atoms with van der Waals surface area (Å²) in [4.78, 5) is 0. The zero-order valence-electron chi connectivity index (χ0n) is 15.2. The third-order valence-corrected chi connectivity index (χ3v) is 8.54. The van der Waals surface area contributed by atoms with Crippen LogP contribution in [0.5, 0.6) is 0 Å². The van der Waals surface area contributed by atoms with E-state index in [9.17, 15) is 20.4 Å². The standard InChI is InChI=1S/C21H30O4/c1-4-21(25)18(24)17(23)16-14-6-5-12-11-13(22)7-9-19(12,2)15(14)8-10-20(16,21)3/h1,5,13-18,22-25H,6-11H2,2-3H3/t13-,14?,15?,16?,17+,18-,19-,20-,21-/m0/s1. The maximum Gasteiger partial charge on any atom is 0.159 e. The lowest BCUT2D eigenvalue weighted by Gasteiger charge is -2.58. The Hall–Kier alpha value is -0.860. The van der Waals surface area contributed by atoms with Crippen molar-refractivity contribution in [3.05, 3.63) is 11.6 Å². The Bertz CT molecular complexity index is 651. The van der Waals surface area contributed by atoms with Crippen molar-refractivity contribution in [2.75, 3.05) is 0 Å². The number of rotatable bonds is 0. The Kier molecular flexibility index (Phi) is 3.74. The molecule has 0 amide bonds. The van der Waals surface area contributed by atoms with Crippen LogP contribution in [0.4, 0.5) is 0 Å². The van der Waals surface area contributed by atoms with Gasteiger partial charge in [-0.15, -0.1) is 6.42 Å². The van der Waals surface area contributed by atoms with E-state index in [1.54, 1.807) is 0 Å². The lowest BCUT2D eigenvalue weighted by molar-refractivity contribution is -0.118. The summed E-state index contributed by atoms with van der Waals surface area (Å²) < 4.78 is 0. The third kappa shape index (κ3) is 1.99. The molecule has 0 heterocycles.